The number of rotatable bonds is 2. The molecule has 1 aliphatic heterocycles. The van der Waals surface area contributed by atoms with Crippen molar-refractivity contribution in [2.24, 2.45) is 0 Å². The Hall–Kier alpha value is -1.61. The van der Waals surface area contributed by atoms with Crippen molar-refractivity contribution in [2.45, 2.75) is 31.5 Å². The van der Waals surface area contributed by atoms with E-state index >= 15 is 0 Å². The Kier molecular flexibility index (Phi) is 4.45. The van der Waals surface area contributed by atoms with Gasteiger partial charge in [0.25, 0.3) is 0 Å². The average molecular weight is 341 g/mol. The van der Waals surface area contributed by atoms with Gasteiger partial charge in [-0.15, -0.1) is 0 Å². The Labute approximate surface area is 148 Å². The first-order valence-corrected chi connectivity index (χ1v) is 8.99. The number of hydrogen-bond acceptors (Lipinski definition) is 2. The van der Waals surface area contributed by atoms with Crippen molar-refractivity contribution in [1.82, 2.24) is 0 Å². The lowest BCUT2D eigenvalue weighted by Gasteiger charge is -2.34. The minimum Gasteiger partial charge on any atom is -0.344 e. The van der Waals surface area contributed by atoms with Crippen LogP contribution in [0.25, 0.3) is 17.2 Å². The summed E-state index contributed by atoms with van der Waals surface area (Å²) in [6.45, 7) is 1.38. The van der Waals surface area contributed by atoms with Gasteiger partial charge in [-0.3, -0.25) is 0 Å². The lowest BCUT2D eigenvalue weighted by molar-refractivity contribution is -0.139. The van der Waals surface area contributed by atoms with Crippen LogP contribution in [0.2, 0.25) is 5.02 Å². The summed E-state index contributed by atoms with van der Waals surface area (Å²) in [5.74, 6) is -0.481. The Balaban J connectivity index is 1.75. The summed E-state index contributed by atoms with van der Waals surface area (Å²) in [6, 6.07) is 16.5. The second-order valence-electron chi connectivity index (χ2n) is 6.42. The Morgan fingerprint density at radius 2 is 1.67 bits per heavy atom. The third kappa shape index (κ3) is 3.02. The second-order valence-corrected chi connectivity index (χ2v) is 6.86. The number of ether oxygens (including phenoxy) is 2. The van der Waals surface area contributed by atoms with Crippen molar-refractivity contribution in [3.8, 4) is 11.1 Å². The standard InChI is InChI=1S/C21H21ClO2/c22-19-10-8-16(9-11-19)20-7-2-1-5-17(20)15-18-6-3-4-12-21(18)23-13-14-24-21/h1-2,5,7-11,15H,3-4,6,12-14H2. The highest BCUT2D eigenvalue weighted by Crippen LogP contribution is 2.41. The van der Waals surface area contributed by atoms with Crippen LogP contribution in [0.4, 0.5) is 0 Å². The normalized spacial score (nSPS) is 21.5. The zero-order valence-electron chi connectivity index (χ0n) is 13.6. The maximum absolute atomic E-state index is 6.03. The van der Waals surface area contributed by atoms with Crippen LogP contribution in [0.1, 0.15) is 31.2 Å². The molecule has 2 aromatic rings. The van der Waals surface area contributed by atoms with Crippen LogP contribution in [0, 0.1) is 0 Å². The maximum Gasteiger partial charge on any atom is 0.191 e. The zero-order chi connectivity index (χ0) is 16.4. The van der Waals surface area contributed by atoms with Gasteiger partial charge < -0.3 is 9.47 Å². The maximum atomic E-state index is 6.03. The van der Waals surface area contributed by atoms with Crippen molar-refractivity contribution in [3.63, 3.8) is 0 Å². The molecule has 0 atom stereocenters. The van der Waals surface area contributed by atoms with Gasteiger partial charge in [0.2, 0.25) is 0 Å². The van der Waals surface area contributed by atoms with Gasteiger partial charge in [-0.2, -0.15) is 0 Å². The van der Waals surface area contributed by atoms with Crippen LogP contribution >= 0.6 is 11.6 Å². The number of halogens is 1. The SMILES string of the molecule is Clc1ccc(-c2ccccc2C=C2CCCCC23OCCO3)cc1. The van der Waals surface area contributed by atoms with Gasteiger partial charge in [-0.1, -0.05) is 48.0 Å². The van der Waals surface area contributed by atoms with Gasteiger partial charge in [0, 0.05) is 11.4 Å². The number of benzene rings is 2. The fourth-order valence-corrected chi connectivity index (χ4v) is 3.82. The van der Waals surface area contributed by atoms with E-state index < -0.39 is 5.79 Å². The highest BCUT2D eigenvalue weighted by atomic mass is 35.5. The Bertz CT molecular complexity index is 743. The predicted molar refractivity (Wildman–Crippen MR) is 98.0 cm³/mol. The molecule has 1 saturated heterocycles. The molecule has 2 nitrogen and oxygen atoms in total. The molecule has 1 aliphatic carbocycles. The smallest absolute Gasteiger partial charge is 0.191 e. The van der Waals surface area contributed by atoms with E-state index in [0.717, 1.165) is 24.3 Å². The molecule has 0 unspecified atom stereocenters. The van der Waals surface area contributed by atoms with Gasteiger partial charge in [0.15, 0.2) is 5.79 Å². The molecule has 0 amide bonds. The summed E-state index contributed by atoms with van der Waals surface area (Å²) in [5, 5.41) is 0.758. The van der Waals surface area contributed by atoms with E-state index in [1.54, 1.807) is 0 Å². The Morgan fingerprint density at radius 3 is 2.46 bits per heavy atom. The van der Waals surface area contributed by atoms with Gasteiger partial charge >= 0.3 is 0 Å². The summed E-state index contributed by atoms with van der Waals surface area (Å²) in [4.78, 5) is 0. The van der Waals surface area contributed by atoms with Crippen molar-refractivity contribution in [3.05, 3.63) is 64.7 Å². The van der Waals surface area contributed by atoms with Crippen LogP contribution in [0.3, 0.4) is 0 Å². The van der Waals surface area contributed by atoms with Crippen LogP contribution in [0.15, 0.2) is 54.1 Å². The molecule has 3 heteroatoms. The monoisotopic (exact) mass is 340 g/mol. The van der Waals surface area contributed by atoms with E-state index in [4.69, 9.17) is 21.1 Å². The average Bonchev–Trinajstić information content (AvgIpc) is 3.08. The minimum atomic E-state index is -0.481. The Morgan fingerprint density at radius 1 is 0.917 bits per heavy atom. The van der Waals surface area contributed by atoms with Gasteiger partial charge in [0.05, 0.1) is 13.2 Å². The summed E-state index contributed by atoms with van der Waals surface area (Å²) < 4.78 is 12.0. The van der Waals surface area contributed by atoms with Crippen LogP contribution < -0.4 is 0 Å². The number of hydrogen-bond donors (Lipinski definition) is 0. The molecule has 1 spiro atoms. The quantitative estimate of drug-likeness (QED) is 0.697. The predicted octanol–water partition coefficient (Wildman–Crippen LogP) is 5.71. The van der Waals surface area contributed by atoms with Gasteiger partial charge in [-0.25, -0.2) is 0 Å². The lowest BCUT2D eigenvalue weighted by Crippen LogP contribution is -2.35. The molecule has 24 heavy (non-hydrogen) atoms. The summed E-state index contributed by atoms with van der Waals surface area (Å²) in [6.07, 6.45) is 6.63. The molecule has 2 aliphatic rings. The van der Waals surface area contributed by atoms with Crippen molar-refractivity contribution in [2.75, 3.05) is 13.2 Å². The molecule has 124 valence electrons. The molecule has 4 rings (SSSR count). The van der Waals surface area contributed by atoms with Crippen molar-refractivity contribution < 1.29 is 9.47 Å². The highest BCUT2D eigenvalue weighted by molar-refractivity contribution is 6.30. The van der Waals surface area contributed by atoms with Crippen molar-refractivity contribution >= 4 is 17.7 Å². The van der Waals surface area contributed by atoms with E-state index in [1.165, 1.54) is 28.7 Å². The highest BCUT2D eigenvalue weighted by Gasteiger charge is 2.41. The molecule has 1 saturated carbocycles. The van der Waals surface area contributed by atoms with Crippen LogP contribution in [-0.4, -0.2) is 19.0 Å². The van der Waals surface area contributed by atoms with E-state index in [2.05, 4.69) is 42.5 Å². The largest absolute Gasteiger partial charge is 0.344 e. The molecule has 2 aromatic carbocycles. The fourth-order valence-electron chi connectivity index (χ4n) is 3.69. The topological polar surface area (TPSA) is 18.5 Å². The molecule has 0 bridgehead atoms. The molecule has 1 heterocycles. The molecule has 0 N–H and O–H groups in total. The molecule has 2 fully saturated rings. The van der Waals surface area contributed by atoms with Crippen LogP contribution in [0.5, 0.6) is 0 Å². The third-order valence-electron chi connectivity index (χ3n) is 4.89. The minimum absolute atomic E-state index is 0.481. The van der Waals surface area contributed by atoms with E-state index in [0.29, 0.717) is 13.2 Å². The van der Waals surface area contributed by atoms with E-state index in [1.807, 2.05) is 12.1 Å². The van der Waals surface area contributed by atoms with Gasteiger partial charge in [-0.05, 0) is 59.7 Å². The first-order valence-electron chi connectivity index (χ1n) is 8.61. The van der Waals surface area contributed by atoms with E-state index in [9.17, 15) is 0 Å². The van der Waals surface area contributed by atoms with Crippen molar-refractivity contribution in [1.29, 1.82) is 0 Å². The summed E-state index contributed by atoms with van der Waals surface area (Å²) >= 11 is 6.03. The van der Waals surface area contributed by atoms with E-state index in [-0.39, 0.29) is 0 Å². The first-order chi connectivity index (χ1) is 11.8. The van der Waals surface area contributed by atoms with Gasteiger partial charge in [0.1, 0.15) is 0 Å². The molecular formula is C21H21ClO2. The molecule has 0 radical (unpaired) electrons. The summed E-state index contributed by atoms with van der Waals surface area (Å²) in [7, 11) is 0. The van der Waals surface area contributed by atoms with Crippen LogP contribution in [-0.2, 0) is 9.47 Å². The zero-order valence-corrected chi connectivity index (χ0v) is 14.4. The molecular weight excluding hydrogens is 320 g/mol. The lowest BCUT2D eigenvalue weighted by atomic mass is 9.86. The third-order valence-corrected chi connectivity index (χ3v) is 5.14. The molecule has 0 aromatic heterocycles. The first kappa shape index (κ1) is 15.9. The summed E-state index contributed by atoms with van der Waals surface area (Å²) in [5.41, 5.74) is 4.85. The fraction of sp³-hybridized carbons (Fsp3) is 0.333. The second kappa shape index (κ2) is 6.72.